The van der Waals surface area contributed by atoms with Crippen LogP contribution in [0, 0.1) is 6.92 Å². The molecule has 2 nitrogen and oxygen atoms in total. The molecule has 0 bridgehead atoms. The molecule has 0 spiro atoms. The molecular weight excluding hydrogens is 280 g/mol. The smallest absolute Gasteiger partial charge is 0.0454 e. The van der Waals surface area contributed by atoms with Gasteiger partial charge in [0.1, 0.15) is 0 Å². The van der Waals surface area contributed by atoms with Crippen LogP contribution in [0.2, 0.25) is 5.02 Å². The Bertz CT molecular complexity index is 608. The Kier molecular flexibility index (Phi) is 5.27. The molecule has 3 heteroatoms. The number of halogens is 1. The maximum Gasteiger partial charge on any atom is 0.0454 e. The van der Waals surface area contributed by atoms with Gasteiger partial charge in [-0.2, -0.15) is 0 Å². The SMILES string of the molecule is Cc1ccccc1N(C)c1ccc(Cl)cc1CNC(C)C. The highest BCUT2D eigenvalue weighted by molar-refractivity contribution is 6.30. The molecule has 0 radical (unpaired) electrons. The normalized spacial score (nSPS) is 11.0. The van der Waals surface area contributed by atoms with Gasteiger partial charge >= 0.3 is 0 Å². The van der Waals surface area contributed by atoms with Crippen LogP contribution in [-0.2, 0) is 6.54 Å². The van der Waals surface area contributed by atoms with Crippen molar-refractivity contribution in [1.82, 2.24) is 5.32 Å². The van der Waals surface area contributed by atoms with Crippen molar-refractivity contribution in [2.75, 3.05) is 11.9 Å². The van der Waals surface area contributed by atoms with Gasteiger partial charge in [0, 0.05) is 36.0 Å². The van der Waals surface area contributed by atoms with Gasteiger partial charge in [0.15, 0.2) is 0 Å². The summed E-state index contributed by atoms with van der Waals surface area (Å²) in [5.74, 6) is 0. The third kappa shape index (κ3) is 3.99. The summed E-state index contributed by atoms with van der Waals surface area (Å²) in [7, 11) is 2.10. The van der Waals surface area contributed by atoms with Crippen LogP contribution < -0.4 is 10.2 Å². The average Bonchev–Trinajstić information content (AvgIpc) is 2.45. The summed E-state index contributed by atoms with van der Waals surface area (Å²) in [6.45, 7) is 7.24. The predicted molar refractivity (Wildman–Crippen MR) is 92.7 cm³/mol. The van der Waals surface area contributed by atoms with Gasteiger partial charge in [-0.1, -0.05) is 43.6 Å². The van der Waals surface area contributed by atoms with Gasteiger partial charge in [-0.15, -0.1) is 0 Å². The number of nitrogens with one attached hydrogen (secondary N) is 1. The summed E-state index contributed by atoms with van der Waals surface area (Å²) < 4.78 is 0. The van der Waals surface area contributed by atoms with Gasteiger partial charge in [-0.05, 0) is 42.3 Å². The van der Waals surface area contributed by atoms with E-state index in [0.717, 1.165) is 11.6 Å². The van der Waals surface area contributed by atoms with Crippen molar-refractivity contribution in [3.05, 3.63) is 58.6 Å². The number of aryl methyl sites for hydroxylation is 1. The topological polar surface area (TPSA) is 15.3 Å². The summed E-state index contributed by atoms with van der Waals surface area (Å²) in [6.07, 6.45) is 0. The summed E-state index contributed by atoms with van der Waals surface area (Å²) in [5, 5.41) is 4.24. The summed E-state index contributed by atoms with van der Waals surface area (Å²) >= 11 is 6.17. The maximum absolute atomic E-state index is 6.17. The molecule has 21 heavy (non-hydrogen) atoms. The highest BCUT2D eigenvalue weighted by atomic mass is 35.5. The van der Waals surface area contributed by atoms with E-state index in [1.165, 1.54) is 22.5 Å². The zero-order chi connectivity index (χ0) is 15.4. The Morgan fingerprint density at radius 1 is 1.10 bits per heavy atom. The number of hydrogen-bond acceptors (Lipinski definition) is 2. The van der Waals surface area contributed by atoms with Crippen LogP contribution in [-0.4, -0.2) is 13.1 Å². The highest BCUT2D eigenvalue weighted by Crippen LogP contribution is 2.31. The molecule has 0 heterocycles. The van der Waals surface area contributed by atoms with Crippen LogP contribution >= 0.6 is 11.6 Å². The third-order valence-corrected chi connectivity index (χ3v) is 3.82. The first-order valence-corrected chi connectivity index (χ1v) is 7.68. The molecule has 2 rings (SSSR count). The second-order valence-electron chi connectivity index (χ2n) is 5.65. The van der Waals surface area contributed by atoms with E-state index >= 15 is 0 Å². The fourth-order valence-electron chi connectivity index (χ4n) is 2.41. The van der Waals surface area contributed by atoms with Crippen LogP contribution in [0.1, 0.15) is 25.0 Å². The Balaban J connectivity index is 2.36. The first-order chi connectivity index (χ1) is 9.99. The Morgan fingerprint density at radius 3 is 2.48 bits per heavy atom. The number of hydrogen-bond donors (Lipinski definition) is 1. The van der Waals surface area contributed by atoms with Crippen LogP contribution in [0.25, 0.3) is 0 Å². The van der Waals surface area contributed by atoms with E-state index in [1.54, 1.807) is 0 Å². The molecule has 0 aliphatic rings. The van der Waals surface area contributed by atoms with Crippen molar-refractivity contribution < 1.29 is 0 Å². The average molecular weight is 303 g/mol. The molecule has 0 fully saturated rings. The monoisotopic (exact) mass is 302 g/mol. The number of rotatable bonds is 5. The molecule has 0 amide bonds. The number of anilines is 2. The molecule has 0 saturated carbocycles. The van der Waals surface area contributed by atoms with E-state index in [-0.39, 0.29) is 0 Å². The van der Waals surface area contributed by atoms with Crippen LogP contribution in [0.15, 0.2) is 42.5 Å². The first kappa shape index (κ1) is 15.9. The summed E-state index contributed by atoms with van der Waals surface area (Å²) in [4.78, 5) is 2.23. The largest absolute Gasteiger partial charge is 0.344 e. The molecule has 0 aromatic heterocycles. The minimum Gasteiger partial charge on any atom is -0.344 e. The lowest BCUT2D eigenvalue weighted by atomic mass is 10.1. The van der Waals surface area contributed by atoms with E-state index in [9.17, 15) is 0 Å². The molecule has 0 aliphatic heterocycles. The van der Waals surface area contributed by atoms with Crippen molar-refractivity contribution >= 4 is 23.0 Å². The molecule has 0 aliphatic carbocycles. The van der Waals surface area contributed by atoms with Gasteiger partial charge in [-0.25, -0.2) is 0 Å². The Labute approximate surface area is 132 Å². The van der Waals surface area contributed by atoms with Gasteiger partial charge in [0.25, 0.3) is 0 Å². The highest BCUT2D eigenvalue weighted by Gasteiger charge is 2.11. The van der Waals surface area contributed by atoms with Gasteiger partial charge in [-0.3, -0.25) is 0 Å². The van der Waals surface area contributed by atoms with E-state index in [1.807, 2.05) is 12.1 Å². The predicted octanol–water partition coefficient (Wildman–Crippen LogP) is 4.91. The van der Waals surface area contributed by atoms with Crippen molar-refractivity contribution in [2.45, 2.75) is 33.4 Å². The molecule has 2 aromatic rings. The lowest BCUT2D eigenvalue weighted by molar-refractivity contribution is 0.589. The second kappa shape index (κ2) is 6.97. The van der Waals surface area contributed by atoms with E-state index in [2.05, 4.69) is 68.4 Å². The van der Waals surface area contributed by atoms with Crippen molar-refractivity contribution in [3.63, 3.8) is 0 Å². The van der Waals surface area contributed by atoms with E-state index < -0.39 is 0 Å². The lowest BCUT2D eigenvalue weighted by Gasteiger charge is -2.25. The number of benzene rings is 2. The molecule has 0 atom stereocenters. The number of para-hydroxylation sites is 1. The number of nitrogens with zero attached hydrogens (tertiary/aromatic N) is 1. The molecule has 1 N–H and O–H groups in total. The molecule has 112 valence electrons. The molecule has 2 aromatic carbocycles. The lowest BCUT2D eigenvalue weighted by Crippen LogP contribution is -2.23. The van der Waals surface area contributed by atoms with Crippen LogP contribution in [0.3, 0.4) is 0 Å². The van der Waals surface area contributed by atoms with Crippen molar-refractivity contribution in [1.29, 1.82) is 0 Å². The van der Waals surface area contributed by atoms with Gasteiger partial charge < -0.3 is 10.2 Å². The third-order valence-electron chi connectivity index (χ3n) is 3.58. The van der Waals surface area contributed by atoms with Crippen molar-refractivity contribution in [3.8, 4) is 0 Å². The maximum atomic E-state index is 6.17. The standard InChI is InChI=1S/C18H23ClN2/c1-13(2)20-12-15-11-16(19)9-10-18(15)21(4)17-8-6-5-7-14(17)3/h5-11,13,20H,12H2,1-4H3. The minimum atomic E-state index is 0.445. The molecule has 0 unspecified atom stereocenters. The first-order valence-electron chi connectivity index (χ1n) is 7.30. The summed E-state index contributed by atoms with van der Waals surface area (Å²) in [5.41, 5.74) is 4.87. The van der Waals surface area contributed by atoms with Gasteiger partial charge in [0.2, 0.25) is 0 Å². The van der Waals surface area contributed by atoms with E-state index in [4.69, 9.17) is 11.6 Å². The van der Waals surface area contributed by atoms with Crippen LogP contribution in [0.5, 0.6) is 0 Å². The van der Waals surface area contributed by atoms with Crippen molar-refractivity contribution in [2.24, 2.45) is 0 Å². The Hall–Kier alpha value is -1.51. The fourth-order valence-corrected chi connectivity index (χ4v) is 2.60. The fraction of sp³-hybridized carbons (Fsp3) is 0.333. The second-order valence-corrected chi connectivity index (χ2v) is 6.09. The van der Waals surface area contributed by atoms with Crippen LogP contribution in [0.4, 0.5) is 11.4 Å². The molecule has 0 saturated heterocycles. The minimum absolute atomic E-state index is 0.445. The van der Waals surface area contributed by atoms with Gasteiger partial charge in [0.05, 0.1) is 0 Å². The van der Waals surface area contributed by atoms with E-state index in [0.29, 0.717) is 6.04 Å². The zero-order valence-electron chi connectivity index (χ0n) is 13.2. The summed E-state index contributed by atoms with van der Waals surface area (Å²) in [6, 6.07) is 14.9. The Morgan fingerprint density at radius 2 is 1.81 bits per heavy atom. The quantitative estimate of drug-likeness (QED) is 0.844. The zero-order valence-corrected chi connectivity index (χ0v) is 13.9. The molecular formula is C18H23ClN2.